The third kappa shape index (κ3) is 9.51. The number of hydrogen-bond donors (Lipinski definition) is 1. The van der Waals surface area contributed by atoms with Crippen molar-refractivity contribution in [3.63, 3.8) is 0 Å². The van der Waals surface area contributed by atoms with E-state index in [4.69, 9.17) is 18.9 Å². The summed E-state index contributed by atoms with van der Waals surface area (Å²) in [5.74, 6) is 0.960. The van der Waals surface area contributed by atoms with Gasteiger partial charge in [-0.2, -0.15) is 0 Å². The Kier molecular flexibility index (Phi) is 13.5. The van der Waals surface area contributed by atoms with Crippen molar-refractivity contribution in [3.05, 3.63) is 35.4 Å². The molecular weight excluding hydrogens is 521 g/mol. The second-order valence-corrected chi connectivity index (χ2v) is 8.25. The predicted octanol–water partition coefficient (Wildman–Crippen LogP) is 3.59. The summed E-state index contributed by atoms with van der Waals surface area (Å²) in [7, 11) is 3.59. The molecule has 7 nitrogen and oxygen atoms in total. The fourth-order valence-corrected chi connectivity index (χ4v) is 4.09. The van der Waals surface area contributed by atoms with Crippen LogP contribution >= 0.6 is 24.0 Å². The smallest absolute Gasteiger partial charge is 0.193 e. The minimum Gasteiger partial charge on any atom is -0.385 e. The van der Waals surface area contributed by atoms with E-state index < -0.39 is 0 Å². The SMILES string of the molecule is CN=C(NCc1cccc(COC2CCOCC2)c1)N1CCC(OCCCOC)CC1.I. The molecule has 2 aliphatic rings. The number of methoxy groups -OCH3 is 1. The highest BCUT2D eigenvalue weighted by Gasteiger charge is 2.21. The highest BCUT2D eigenvalue weighted by atomic mass is 127. The normalized spacial score (nSPS) is 18.4. The largest absolute Gasteiger partial charge is 0.385 e. The van der Waals surface area contributed by atoms with Crippen molar-refractivity contribution in [2.75, 3.05) is 53.7 Å². The van der Waals surface area contributed by atoms with Crippen molar-refractivity contribution in [2.24, 2.45) is 4.99 Å². The van der Waals surface area contributed by atoms with Crippen LogP contribution in [0.1, 0.15) is 43.2 Å². The molecule has 1 aromatic carbocycles. The Morgan fingerprint density at radius 3 is 2.50 bits per heavy atom. The Balaban J connectivity index is 0.00000363. The van der Waals surface area contributed by atoms with E-state index in [1.54, 1.807) is 7.11 Å². The van der Waals surface area contributed by atoms with E-state index in [1.807, 2.05) is 7.05 Å². The molecule has 0 saturated carbocycles. The molecule has 0 aliphatic carbocycles. The van der Waals surface area contributed by atoms with Crippen molar-refractivity contribution in [1.29, 1.82) is 0 Å². The molecular formula is C24H40IN3O4. The quantitative estimate of drug-likeness (QED) is 0.204. The van der Waals surface area contributed by atoms with Crippen LogP contribution in [0.4, 0.5) is 0 Å². The Hall–Kier alpha value is -0.940. The summed E-state index contributed by atoms with van der Waals surface area (Å²) in [5, 5.41) is 3.52. The fraction of sp³-hybridized carbons (Fsp3) is 0.708. The lowest BCUT2D eigenvalue weighted by Crippen LogP contribution is -2.46. The number of rotatable bonds is 10. The maximum Gasteiger partial charge on any atom is 0.193 e. The van der Waals surface area contributed by atoms with E-state index in [0.29, 0.717) is 18.8 Å². The Morgan fingerprint density at radius 1 is 1.06 bits per heavy atom. The lowest BCUT2D eigenvalue weighted by atomic mass is 10.1. The highest BCUT2D eigenvalue weighted by Crippen LogP contribution is 2.16. The number of halogens is 1. The molecule has 0 bridgehead atoms. The van der Waals surface area contributed by atoms with E-state index in [0.717, 1.165) is 84.1 Å². The van der Waals surface area contributed by atoms with Crippen LogP contribution in [0, 0.1) is 0 Å². The zero-order valence-electron chi connectivity index (χ0n) is 19.6. The summed E-state index contributed by atoms with van der Waals surface area (Å²) in [4.78, 5) is 6.82. The number of hydrogen-bond acceptors (Lipinski definition) is 5. The molecule has 182 valence electrons. The van der Waals surface area contributed by atoms with Crippen molar-refractivity contribution < 1.29 is 18.9 Å². The standard InChI is InChI=1S/C24H39N3O4.HI/c1-25-24(27-11-7-22(8-12-27)30-14-4-13-28-2)26-18-20-5-3-6-21(17-20)19-31-23-9-15-29-16-10-23;/h3,5-6,17,22-23H,4,7-16,18-19H2,1-2H3,(H,25,26);1H. The minimum atomic E-state index is 0. The second-order valence-electron chi connectivity index (χ2n) is 8.25. The van der Waals surface area contributed by atoms with Crippen LogP contribution in [0.3, 0.4) is 0 Å². The molecule has 0 unspecified atom stereocenters. The molecule has 2 heterocycles. The Labute approximate surface area is 210 Å². The zero-order chi connectivity index (χ0) is 21.7. The average molecular weight is 562 g/mol. The van der Waals surface area contributed by atoms with Gasteiger partial charge in [-0.25, -0.2) is 0 Å². The van der Waals surface area contributed by atoms with Crippen molar-refractivity contribution in [2.45, 2.75) is 57.5 Å². The predicted molar refractivity (Wildman–Crippen MR) is 138 cm³/mol. The molecule has 0 aromatic heterocycles. The third-order valence-electron chi connectivity index (χ3n) is 5.90. The van der Waals surface area contributed by atoms with Gasteiger partial charge in [0.2, 0.25) is 0 Å². The minimum absolute atomic E-state index is 0. The van der Waals surface area contributed by atoms with Crippen LogP contribution in [-0.4, -0.2) is 76.7 Å². The molecule has 32 heavy (non-hydrogen) atoms. The first-order valence-corrected chi connectivity index (χ1v) is 11.6. The number of aliphatic imine (C=N–C) groups is 1. The van der Waals surface area contributed by atoms with Gasteiger partial charge in [-0.05, 0) is 43.2 Å². The van der Waals surface area contributed by atoms with Gasteiger partial charge in [-0.3, -0.25) is 4.99 Å². The molecule has 0 radical (unpaired) electrons. The van der Waals surface area contributed by atoms with E-state index in [2.05, 4.69) is 39.5 Å². The lowest BCUT2D eigenvalue weighted by Gasteiger charge is -2.34. The Morgan fingerprint density at radius 2 is 1.78 bits per heavy atom. The second kappa shape index (κ2) is 15.8. The highest BCUT2D eigenvalue weighted by molar-refractivity contribution is 14.0. The summed E-state index contributed by atoms with van der Waals surface area (Å²) in [6.07, 6.45) is 5.68. The Bertz CT molecular complexity index is 662. The third-order valence-corrected chi connectivity index (χ3v) is 5.90. The van der Waals surface area contributed by atoms with E-state index in [9.17, 15) is 0 Å². The van der Waals surface area contributed by atoms with Gasteiger partial charge < -0.3 is 29.2 Å². The molecule has 1 aromatic rings. The van der Waals surface area contributed by atoms with Gasteiger partial charge >= 0.3 is 0 Å². The summed E-state index contributed by atoms with van der Waals surface area (Å²) in [6.45, 7) is 6.51. The number of nitrogens with zero attached hydrogens (tertiary/aromatic N) is 2. The molecule has 2 aliphatic heterocycles. The first-order valence-electron chi connectivity index (χ1n) is 11.6. The number of likely N-dealkylation sites (tertiary alicyclic amines) is 1. The monoisotopic (exact) mass is 561 g/mol. The number of benzene rings is 1. The van der Waals surface area contributed by atoms with Gasteiger partial charge in [-0.15, -0.1) is 24.0 Å². The zero-order valence-corrected chi connectivity index (χ0v) is 21.9. The molecule has 3 rings (SSSR count). The molecule has 0 spiro atoms. The van der Waals surface area contributed by atoms with Gasteiger partial charge in [0.05, 0.1) is 18.8 Å². The summed E-state index contributed by atoms with van der Waals surface area (Å²) < 4.78 is 22.5. The van der Waals surface area contributed by atoms with Crippen LogP contribution in [0.15, 0.2) is 29.3 Å². The van der Waals surface area contributed by atoms with Crippen LogP contribution in [0.25, 0.3) is 0 Å². The first kappa shape index (κ1) is 27.3. The van der Waals surface area contributed by atoms with Gasteiger partial charge in [0.1, 0.15) is 0 Å². The number of guanidine groups is 1. The lowest BCUT2D eigenvalue weighted by molar-refractivity contribution is -0.0390. The first-order chi connectivity index (χ1) is 15.3. The van der Waals surface area contributed by atoms with Crippen LogP contribution in [-0.2, 0) is 32.1 Å². The molecule has 2 saturated heterocycles. The summed E-state index contributed by atoms with van der Waals surface area (Å²) >= 11 is 0. The van der Waals surface area contributed by atoms with Crippen LogP contribution in [0.2, 0.25) is 0 Å². The summed E-state index contributed by atoms with van der Waals surface area (Å²) in [6, 6.07) is 8.61. The van der Waals surface area contributed by atoms with Crippen LogP contribution < -0.4 is 5.32 Å². The average Bonchev–Trinajstić information content (AvgIpc) is 2.83. The van der Waals surface area contributed by atoms with Gasteiger partial charge in [-0.1, -0.05) is 24.3 Å². The molecule has 2 fully saturated rings. The number of piperidine rings is 1. The number of nitrogens with one attached hydrogen (secondary N) is 1. The van der Waals surface area contributed by atoms with E-state index in [-0.39, 0.29) is 24.0 Å². The van der Waals surface area contributed by atoms with Gasteiger partial charge in [0.25, 0.3) is 0 Å². The topological polar surface area (TPSA) is 64.6 Å². The fourth-order valence-electron chi connectivity index (χ4n) is 4.09. The van der Waals surface area contributed by atoms with E-state index in [1.165, 1.54) is 11.1 Å². The molecule has 0 atom stereocenters. The maximum atomic E-state index is 6.07. The van der Waals surface area contributed by atoms with Crippen molar-refractivity contribution in [3.8, 4) is 0 Å². The molecule has 1 N–H and O–H groups in total. The molecule has 8 heteroatoms. The van der Waals surface area contributed by atoms with Gasteiger partial charge in [0, 0.05) is 60.2 Å². The van der Waals surface area contributed by atoms with Gasteiger partial charge in [0.15, 0.2) is 5.96 Å². The molecule has 0 amide bonds. The van der Waals surface area contributed by atoms with Crippen molar-refractivity contribution in [1.82, 2.24) is 10.2 Å². The summed E-state index contributed by atoms with van der Waals surface area (Å²) in [5.41, 5.74) is 2.46. The van der Waals surface area contributed by atoms with E-state index >= 15 is 0 Å². The number of ether oxygens (including phenoxy) is 4. The maximum absolute atomic E-state index is 6.07. The van der Waals surface area contributed by atoms with Crippen molar-refractivity contribution >= 4 is 29.9 Å². The van der Waals surface area contributed by atoms with Crippen LogP contribution in [0.5, 0.6) is 0 Å².